The molecule has 0 aliphatic heterocycles. The molecule has 5 nitrogen and oxygen atoms in total. The number of aliphatic hydroxyl groups excluding tert-OH is 1. The first-order valence-corrected chi connectivity index (χ1v) is 5.13. The van der Waals surface area contributed by atoms with Gasteiger partial charge in [0.15, 0.2) is 5.82 Å². The van der Waals surface area contributed by atoms with Crippen molar-refractivity contribution < 1.29 is 14.0 Å². The third-order valence-electron chi connectivity index (χ3n) is 2.30. The van der Waals surface area contributed by atoms with Gasteiger partial charge in [-0.2, -0.15) is 4.98 Å². The maximum Gasteiger partial charge on any atom is 0.245 e. The van der Waals surface area contributed by atoms with Gasteiger partial charge in [0.1, 0.15) is 11.9 Å². The first-order valence-electron chi connectivity index (χ1n) is 5.13. The Labute approximate surface area is 97.1 Å². The molecule has 90 valence electrons. The Bertz CT molecular complexity index is 501. The molecule has 6 heteroatoms. The van der Waals surface area contributed by atoms with Gasteiger partial charge in [0.05, 0.1) is 6.61 Å². The van der Waals surface area contributed by atoms with Crippen molar-refractivity contribution in [1.29, 1.82) is 0 Å². The van der Waals surface area contributed by atoms with Crippen molar-refractivity contribution in [3.63, 3.8) is 0 Å². The van der Waals surface area contributed by atoms with Crippen LogP contribution in [0.15, 0.2) is 28.8 Å². The van der Waals surface area contributed by atoms with E-state index < -0.39 is 6.04 Å². The molecule has 0 unspecified atom stereocenters. The van der Waals surface area contributed by atoms with Crippen LogP contribution in [0.2, 0.25) is 0 Å². The number of hydrogen-bond donors (Lipinski definition) is 2. The van der Waals surface area contributed by atoms with Crippen LogP contribution >= 0.6 is 0 Å². The van der Waals surface area contributed by atoms with Crippen molar-refractivity contribution >= 4 is 0 Å². The van der Waals surface area contributed by atoms with Gasteiger partial charge in [-0.3, -0.25) is 0 Å². The third kappa shape index (κ3) is 2.66. The summed E-state index contributed by atoms with van der Waals surface area (Å²) in [6.07, 6.45) is 0.230. The smallest absolute Gasteiger partial charge is 0.245 e. The fourth-order valence-electron chi connectivity index (χ4n) is 1.38. The summed E-state index contributed by atoms with van der Waals surface area (Å²) in [6, 6.07) is 5.67. The van der Waals surface area contributed by atoms with Gasteiger partial charge in [-0.25, -0.2) is 4.39 Å². The van der Waals surface area contributed by atoms with Crippen molar-refractivity contribution in [3.8, 4) is 0 Å². The molecule has 0 saturated heterocycles. The molecular weight excluding hydrogens is 225 g/mol. The number of nitrogens with two attached hydrogens (primary N) is 1. The van der Waals surface area contributed by atoms with Gasteiger partial charge in [0.25, 0.3) is 0 Å². The summed E-state index contributed by atoms with van der Waals surface area (Å²) in [6.45, 7) is -0.276. The van der Waals surface area contributed by atoms with Crippen LogP contribution in [0, 0.1) is 5.82 Å². The van der Waals surface area contributed by atoms with E-state index in [2.05, 4.69) is 10.1 Å². The lowest BCUT2D eigenvalue weighted by Crippen LogP contribution is -2.14. The minimum absolute atomic E-state index is 0.152. The highest BCUT2D eigenvalue weighted by molar-refractivity contribution is 5.20. The summed E-state index contributed by atoms with van der Waals surface area (Å²) in [5.41, 5.74) is 5.99. The fourth-order valence-corrected chi connectivity index (χ4v) is 1.38. The number of rotatable bonds is 4. The molecule has 3 N–H and O–H groups in total. The Hall–Kier alpha value is -1.79. The zero-order valence-corrected chi connectivity index (χ0v) is 9.01. The normalized spacial score (nSPS) is 12.6. The summed E-state index contributed by atoms with van der Waals surface area (Å²) >= 11 is 0. The van der Waals surface area contributed by atoms with Gasteiger partial charge < -0.3 is 15.4 Å². The summed E-state index contributed by atoms with van der Waals surface area (Å²) in [7, 11) is 0. The fraction of sp³-hybridized carbons (Fsp3) is 0.273. The average molecular weight is 237 g/mol. The molecule has 1 aromatic carbocycles. The van der Waals surface area contributed by atoms with E-state index in [-0.39, 0.29) is 24.7 Å². The molecule has 0 spiro atoms. The van der Waals surface area contributed by atoms with E-state index in [1.807, 2.05) is 0 Å². The Morgan fingerprint density at radius 2 is 2.18 bits per heavy atom. The first kappa shape index (κ1) is 11.7. The van der Waals surface area contributed by atoms with E-state index in [0.29, 0.717) is 11.4 Å². The van der Waals surface area contributed by atoms with Gasteiger partial charge in [0.2, 0.25) is 5.89 Å². The second-order valence-corrected chi connectivity index (χ2v) is 3.61. The molecule has 1 heterocycles. The molecule has 0 amide bonds. The van der Waals surface area contributed by atoms with Crippen LogP contribution in [-0.2, 0) is 6.42 Å². The van der Waals surface area contributed by atoms with E-state index in [9.17, 15) is 4.39 Å². The topological polar surface area (TPSA) is 85.2 Å². The number of halogens is 1. The second kappa shape index (κ2) is 5.03. The Morgan fingerprint density at radius 3 is 2.88 bits per heavy atom. The molecular formula is C11H12FN3O2. The van der Waals surface area contributed by atoms with E-state index in [0.717, 1.165) is 0 Å². The lowest BCUT2D eigenvalue weighted by Gasteiger charge is -1.99. The number of aromatic nitrogens is 2. The zero-order chi connectivity index (χ0) is 12.3. The number of hydrogen-bond acceptors (Lipinski definition) is 5. The molecule has 2 rings (SSSR count). The van der Waals surface area contributed by atoms with Crippen LogP contribution in [0.4, 0.5) is 4.39 Å². The van der Waals surface area contributed by atoms with Crippen LogP contribution in [0.25, 0.3) is 0 Å². The highest BCUT2D eigenvalue weighted by Crippen LogP contribution is 2.13. The molecule has 0 saturated carbocycles. The largest absolute Gasteiger partial charge is 0.394 e. The van der Waals surface area contributed by atoms with E-state index in [1.165, 1.54) is 6.07 Å². The SMILES string of the molecule is N[C@@H](CO)c1nc(Cc2ccccc2F)no1. The van der Waals surface area contributed by atoms with Crippen molar-refractivity contribution in [2.75, 3.05) is 6.61 Å². The predicted molar refractivity (Wildman–Crippen MR) is 57.5 cm³/mol. The number of benzene rings is 1. The zero-order valence-electron chi connectivity index (χ0n) is 9.01. The van der Waals surface area contributed by atoms with Crippen molar-refractivity contribution in [2.24, 2.45) is 5.73 Å². The summed E-state index contributed by atoms with van der Waals surface area (Å²) < 4.78 is 18.2. The van der Waals surface area contributed by atoms with Crippen molar-refractivity contribution in [2.45, 2.75) is 12.5 Å². The van der Waals surface area contributed by atoms with Gasteiger partial charge in [-0.15, -0.1) is 0 Å². The van der Waals surface area contributed by atoms with Gasteiger partial charge in [-0.1, -0.05) is 23.4 Å². The number of aliphatic hydroxyl groups is 1. The van der Waals surface area contributed by atoms with Crippen LogP contribution in [0.5, 0.6) is 0 Å². The highest BCUT2D eigenvalue weighted by Gasteiger charge is 2.14. The molecule has 0 aliphatic rings. The molecule has 0 bridgehead atoms. The predicted octanol–water partition coefficient (Wildman–Crippen LogP) is 0.792. The Morgan fingerprint density at radius 1 is 1.41 bits per heavy atom. The molecule has 17 heavy (non-hydrogen) atoms. The monoisotopic (exact) mass is 237 g/mol. The van der Waals surface area contributed by atoms with Gasteiger partial charge in [-0.05, 0) is 11.6 Å². The lowest BCUT2D eigenvalue weighted by atomic mass is 10.1. The first-order chi connectivity index (χ1) is 8.20. The Kier molecular flexibility index (Phi) is 3.46. The molecule has 2 aromatic rings. The van der Waals surface area contributed by atoms with Gasteiger partial charge >= 0.3 is 0 Å². The Balaban J connectivity index is 2.14. The standard InChI is InChI=1S/C11H12FN3O2/c12-8-4-2-1-3-7(8)5-10-14-11(17-15-10)9(13)6-16/h1-4,9,16H,5-6,13H2/t9-/m0/s1. The minimum Gasteiger partial charge on any atom is -0.394 e. The quantitative estimate of drug-likeness (QED) is 0.821. The van der Waals surface area contributed by atoms with E-state index >= 15 is 0 Å². The van der Waals surface area contributed by atoms with Crippen LogP contribution in [0.1, 0.15) is 23.3 Å². The van der Waals surface area contributed by atoms with E-state index in [1.54, 1.807) is 18.2 Å². The van der Waals surface area contributed by atoms with E-state index in [4.69, 9.17) is 15.4 Å². The summed E-state index contributed by atoms with van der Waals surface area (Å²) in [5.74, 6) is 0.179. The molecule has 0 radical (unpaired) electrons. The summed E-state index contributed by atoms with van der Waals surface area (Å²) in [4.78, 5) is 3.99. The maximum absolute atomic E-state index is 13.4. The van der Waals surface area contributed by atoms with Crippen LogP contribution < -0.4 is 5.73 Å². The van der Waals surface area contributed by atoms with Crippen molar-refractivity contribution in [3.05, 3.63) is 47.4 Å². The summed E-state index contributed by atoms with van der Waals surface area (Å²) in [5, 5.41) is 12.5. The van der Waals surface area contributed by atoms with Crippen LogP contribution in [0.3, 0.4) is 0 Å². The minimum atomic E-state index is -0.697. The number of nitrogens with zero attached hydrogens (tertiary/aromatic N) is 2. The lowest BCUT2D eigenvalue weighted by molar-refractivity contribution is 0.236. The highest BCUT2D eigenvalue weighted by atomic mass is 19.1. The molecule has 1 atom stereocenters. The van der Waals surface area contributed by atoms with Crippen LogP contribution in [-0.4, -0.2) is 21.9 Å². The third-order valence-corrected chi connectivity index (χ3v) is 2.30. The molecule has 0 aliphatic carbocycles. The second-order valence-electron chi connectivity index (χ2n) is 3.61. The van der Waals surface area contributed by atoms with Gasteiger partial charge in [0, 0.05) is 6.42 Å². The average Bonchev–Trinajstić information content (AvgIpc) is 2.80. The molecule has 1 aromatic heterocycles. The molecule has 0 fully saturated rings. The maximum atomic E-state index is 13.4. The van der Waals surface area contributed by atoms with Crippen molar-refractivity contribution in [1.82, 2.24) is 10.1 Å².